The van der Waals surface area contributed by atoms with Crippen molar-refractivity contribution >= 4 is 11.7 Å². The van der Waals surface area contributed by atoms with Crippen LogP contribution in [0.4, 0.5) is 0 Å². The van der Waals surface area contributed by atoms with E-state index in [4.69, 9.17) is 0 Å². The second kappa shape index (κ2) is 4.68. The molecule has 0 aromatic rings. The zero-order valence-corrected chi connectivity index (χ0v) is 8.77. The first kappa shape index (κ1) is 11.4. The normalized spacial score (nSPS) is 18.5. The molecular formula is C9H13N3O3. The van der Waals surface area contributed by atoms with Crippen molar-refractivity contribution in [1.82, 2.24) is 4.90 Å². The first-order chi connectivity index (χ1) is 7.11. The Morgan fingerprint density at radius 1 is 1.67 bits per heavy atom. The first-order valence-corrected chi connectivity index (χ1v) is 4.70. The van der Waals surface area contributed by atoms with Gasteiger partial charge in [-0.05, 0) is 19.4 Å². The summed E-state index contributed by atoms with van der Waals surface area (Å²) in [5.74, 6) is 0.0572. The number of aliphatic imine (C=N–C) groups is 1. The Bertz CT molecular complexity index is 347. The third-order valence-electron chi connectivity index (χ3n) is 2.24. The maximum absolute atomic E-state index is 11.4. The molecular weight excluding hydrogens is 198 g/mol. The molecule has 82 valence electrons. The van der Waals surface area contributed by atoms with Gasteiger partial charge < -0.3 is 0 Å². The van der Waals surface area contributed by atoms with Gasteiger partial charge in [0.1, 0.15) is 0 Å². The van der Waals surface area contributed by atoms with E-state index in [2.05, 4.69) is 4.99 Å². The van der Waals surface area contributed by atoms with E-state index in [9.17, 15) is 14.9 Å². The molecule has 1 amide bonds. The third-order valence-corrected chi connectivity index (χ3v) is 2.24. The molecule has 1 fully saturated rings. The van der Waals surface area contributed by atoms with E-state index in [1.54, 1.807) is 6.92 Å². The molecule has 0 unspecified atom stereocenters. The predicted octanol–water partition coefficient (Wildman–Crippen LogP) is 0.818. The largest absolute Gasteiger partial charge is 0.307 e. The number of hydrogen-bond donors (Lipinski definition) is 0. The van der Waals surface area contributed by atoms with E-state index in [-0.39, 0.29) is 17.4 Å². The summed E-state index contributed by atoms with van der Waals surface area (Å²) in [6.45, 7) is 2.07. The van der Waals surface area contributed by atoms with Crippen LogP contribution in [0.2, 0.25) is 0 Å². The Morgan fingerprint density at radius 3 is 2.67 bits per heavy atom. The summed E-state index contributed by atoms with van der Waals surface area (Å²) < 4.78 is 0. The van der Waals surface area contributed by atoms with Crippen LogP contribution in [0.15, 0.2) is 16.8 Å². The van der Waals surface area contributed by atoms with Crippen molar-refractivity contribution in [2.45, 2.75) is 19.8 Å². The number of allylic oxidation sites excluding steroid dienone is 1. The number of carbonyl (C=O) groups is 1. The standard InChI is InChI=1S/C9H13N3O3/c1-3-7(12(14)15)9(10-2)11-6-4-5-8(11)13/h3H,4-6H2,1-2H3/b7-3+,10-9?. The van der Waals surface area contributed by atoms with Crippen LogP contribution in [0, 0.1) is 10.1 Å². The molecule has 1 saturated heterocycles. The molecule has 1 rings (SSSR count). The van der Waals surface area contributed by atoms with Gasteiger partial charge >= 0.3 is 5.70 Å². The maximum Gasteiger partial charge on any atom is 0.307 e. The molecule has 0 aliphatic carbocycles. The number of nitrogens with zero attached hydrogens (tertiary/aromatic N) is 3. The molecule has 0 aromatic heterocycles. The fourth-order valence-electron chi connectivity index (χ4n) is 1.56. The number of nitro groups is 1. The molecule has 0 saturated carbocycles. The van der Waals surface area contributed by atoms with Gasteiger partial charge in [0.05, 0.1) is 4.92 Å². The quantitative estimate of drug-likeness (QED) is 0.293. The molecule has 0 aromatic carbocycles. The number of rotatable bonds is 2. The van der Waals surface area contributed by atoms with Gasteiger partial charge in [0.2, 0.25) is 11.7 Å². The van der Waals surface area contributed by atoms with Gasteiger partial charge in [-0.1, -0.05) is 0 Å². The van der Waals surface area contributed by atoms with Gasteiger partial charge in [-0.15, -0.1) is 0 Å². The summed E-state index contributed by atoms with van der Waals surface area (Å²) in [6.07, 6.45) is 2.52. The van der Waals surface area contributed by atoms with E-state index in [0.29, 0.717) is 13.0 Å². The van der Waals surface area contributed by atoms with Gasteiger partial charge in [0.15, 0.2) is 0 Å². The Balaban J connectivity index is 2.99. The lowest BCUT2D eigenvalue weighted by Crippen LogP contribution is -2.35. The minimum atomic E-state index is -0.520. The fraction of sp³-hybridized carbons (Fsp3) is 0.556. The van der Waals surface area contributed by atoms with E-state index < -0.39 is 4.92 Å². The van der Waals surface area contributed by atoms with Crippen molar-refractivity contribution in [3.63, 3.8) is 0 Å². The Hall–Kier alpha value is -1.72. The summed E-state index contributed by atoms with van der Waals surface area (Å²) in [5, 5.41) is 10.7. The second-order valence-corrected chi connectivity index (χ2v) is 3.13. The summed E-state index contributed by atoms with van der Waals surface area (Å²) in [5.41, 5.74) is -0.118. The van der Waals surface area contributed by atoms with Crippen molar-refractivity contribution < 1.29 is 9.72 Å². The van der Waals surface area contributed by atoms with Crippen molar-refractivity contribution in [2.75, 3.05) is 13.6 Å². The monoisotopic (exact) mass is 211 g/mol. The lowest BCUT2D eigenvalue weighted by Gasteiger charge is -2.15. The molecule has 1 aliphatic heterocycles. The lowest BCUT2D eigenvalue weighted by atomic mass is 10.3. The summed E-state index contributed by atoms with van der Waals surface area (Å²) >= 11 is 0. The average molecular weight is 211 g/mol. The second-order valence-electron chi connectivity index (χ2n) is 3.13. The average Bonchev–Trinajstić information content (AvgIpc) is 2.60. The predicted molar refractivity (Wildman–Crippen MR) is 55.1 cm³/mol. The van der Waals surface area contributed by atoms with E-state index in [1.807, 2.05) is 0 Å². The van der Waals surface area contributed by atoms with E-state index in [1.165, 1.54) is 18.0 Å². The topological polar surface area (TPSA) is 75.8 Å². The van der Waals surface area contributed by atoms with Crippen LogP contribution in [0.25, 0.3) is 0 Å². The molecule has 1 heterocycles. The van der Waals surface area contributed by atoms with Gasteiger partial charge in [-0.2, -0.15) is 0 Å². The molecule has 1 aliphatic rings. The lowest BCUT2D eigenvalue weighted by molar-refractivity contribution is -0.416. The zero-order valence-electron chi connectivity index (χ0n) is 8.77. The highest BCUT2D eigenvalue weighted by molar-refractivity contribution is 6.07. The molecule has 0 spiro atoms. The molecule has 0 N–H and O–H groups in total. The summed E-state index contributed by atoms with van der Waals surface area (Å²) in [4.78, 5) is 26.8. The van der Waals surface area contributed by atoms with Crippen LogP contribution in [0.3, 0.4) is 0 Å². The van der Waals surface area contributed by atoms with Gasteiger partial charge in [0, 0.05) is 20.0 Å². The van der Waals surface area contributed by atoms with Crippen LogP contribution < -0.4 is 0 Å². The minimum absolute atomic E-state index is 0.100. The summed E-state index contributed by atoms with van der Waals surface area (Å²) in [7, 11) is 1.45. The molecule has 0 bridgehead atoms. The third kappa shape index (κ3) is 2.20. The van der Waals surface area contributed by atoms with Crippen LogP contribution in [0.5, 0.6) is 0 Å². The molecule has 6 nitrogen and oxygen atoms in total. The first-order valence-electron chi connectivity index (χ1n) is 4.70. The molecule has 0 radical (unpaired) electrons. The van der Waals surface area contributed by atoms with Crippen molar-refractivity contribution in [3.05, 3.63) is 21.9 Å². The Kier molecular flexibility index (Phi) is 3.54. The maximum atomic E-state index is 11.4. The minimum Gasteiger partial charge on any atom is -0.291 e. The number of likely N-dealkylation sites (tertiary alicyclic amines) is 1. The van der Waals surface area contributed by atoms with E-state index >= 15 is 0 Å². The molecule has 15 heavy (non-hydrogen) atoms. The van der Waals surface area contributed by atoms with Gasteiger partial charge in [-0.25, -0.2) is 0 Å². The van der Waals surface area contributed by atoms with Crippen LogP contribution in [0.1, 0.15) is 19.8 Å². The number of amides is 1. The zero-order chi connectivity index (χ0) is 11.4. The molecule has 0 atom stereocenters. The highest BCUT2D eigenvalue weighted by Gasteiger charge is 2.31. The SMILES string of the molecule is C/C=C(\C(=NC)N1CCCC1=O)[N+](=O)[O-]. The number of hydrogen-bond acceptors (Lipinski definition) is 4. The van der Waals surface area contributed by atoms with E-state index in [0.717, 1.165) is 6.42 Å². The number of carbonyl (C=O) groups excluding carboxylic acids is 1. The van der Waals surface area contributed by atoms with Crippen molar-refractivity contribution in [1.29, 1.82) is 0 Å². The van der Waals surface area contributed by atoms with Gasteiger partial charge in [-0.3, -0.25) is 24.8 Å². The van der Waals surface area contributed by atoms with Crippen molar-refractivity contribution in [2.24, 2.45) is 4.99 Å². The van der Waals surface area contributed by atoms with Crippen molar-refractivity contribution in [3.8, 4) is 0 Å². The smallest absolute Gasteiger partial charge is 0.291 e. The molecule has 6 heteroatoms. The van der Waals surface area contributed by atoms with Crippen LogP contribution in [-0.4, -0.2) is 35.2 Å². The number of amidine groups is 1. The fourth-order valence-corrected chi connectivity index (χ4v) is 1.56. The summed E-state index contributed by atoms with van der Waals surface area (Å²) in [6, 6.07) is 0. The Morgan fingerprint density at radius 2 is 2.33 bits per heavy atom. The Labute approximate surface area is 87.4 Å². The van der Waals surface area contributed by atoms with Crippen LogP contribution in [-0.2, 0) is 4.79 Å². The van der Waals surface area contributed by atoms with Gasteiger partial charge in [0.25, 0.3) is 0 Å². The van der Waals surface area contributed by atoms with Crippen LogP contribution >= 0.6 is 0 Å². The highest BCUT2D eigenvalue weighted by Crippen LogP contribution is 2.14. The highest BCUT2D eigenvalue weighted by atomic mass is 16.6.